The third-order valence-corrected chi connectivity index (χ3v) is 4.08. The van der Waals surface area contributed by atoms with Gasteiger partial charge in [-0.15, -0.1) is 35.3 Å². The van der Waals surface area contributed by atoms with Crippen molar-refractivity contribution in [1.82, 2.24) is 15.6 Å². The Balaban J connectivity index is 0.00000288. The first-order valence-corrected chi connectivity index (χ1v) is 8.20. The van der Waals surface area contributed by atoms with Crippen LogP contribution in [0.25, 0.3) is 0 Å². The highest BCUT2D eigenvalue weighted by molar-refractivity contribution is 14.0. The van der Waals surface area contributed by atoms with E-state index in [1.165, 1.54) is 0 Å². The normalized spacial score (nSPS) is 10.8. The third kappa shape index (κ3) is 6.44. The molecule has 6 nitrogen and oxygen atoms in total. The molecule has 0 radical (unpaired) electrons. The smallest absolute Gasteiger partial charge is 0.248 e. The van der Waals surface area contributed by atoms with Gasteiger partial charge >= 0.3 is 0 Å². The standard InChI is InChI=1S/C16H21N5OS.HI/c1-11-21-14(10-23-11)7-8-19-16(18-2)20-9-12-3-5-13(6-4-12)15(17)22;/h3-6,10H,7-9H2,1-2H3,(H2,17,22)(H2,18,19,20);1H. The van der Waals surface area contributed by atoms with Crippen molar-refractivity contribution in [2.75, 3.05) is 13.6 Å². The second kappa shape index (κ2) is 10.2. The predicted octanol–water partition coefficient (Wildman–Crippen LogP) is 2.08. The van der Waals surface area contributed by atoms with E-state index in [9.17, 15) is 4.79 Å². The molecule has 130 valence electrons. The summed E-state index contributed by atoms with van der Waals surface area (Å²) >= 11 is 1.66. The number of thiazole rings is 1. The number of nitrogens with one attached hydrogen (secondary N) is 2. The van der Waals surface area contributed by atoms with Crippen molar-refractivity contribution in [3.63, 3.8) is 0 Å². The first-order valence-electron chi connectivity index (χ1n) is 7.32. The molecule has 0 unspecified atom stereocenters. The number of aliphatic imine (C=N–C) groups is 1. The van der Waals surface area contributed by atoms with E-state index in [1.807, 2.05) is 19.1 Å². The number of benzene rings is 1. The number of carbonyl (C=O) groups is 1. The van der Waals surface area contributed by atoms with Crippen LogP contribution < -0.4 is 16.4 Å². The highest BCUT2D eigenvalue weighted by Gasteiger charge is 2.02. The monoisotopic (exact) mass is 459 g/mol. The summed E-state index contributed by atoms with van der Waals surface area (Å²) < 4.78 is 0. The molecule has 0 saturated heterocycles. The number of aromatic nitrogens is 1. The Labute approximate surface area is 163 Å². The van der Waals surface area contributed by atoms with Gasteiger partial charge in [0, 0.05) is 37.5 Å². The minimum atomic E-state index is -0.417. The Morgan fingerprint density at radius 1 is 1.29 bits per heavy atom. The Morgan fingerprint density at radius 3 is 2.54 bits per heavy atom. The molecular weight excluding hydrogens is 437 g/mol. The van der Waals surface area contributed by atoms with Crippen molar-refractivity contribution in [3.8, 4) is 0 Å². The van der Waals surface area contributed by atoms with Crippen LogP contribution in [-0.4, -0.2) is 30.4 Å². The van der Waals surface area contributed by atoms with Crippen LogP contribution >= 0.6 is 35.3 Å². The molecule has 1 amide bonds. The lowest BCUT2D eigenvalue weighted by atomic mass is 10.1. The lowest BCUT2D eigenvalue weighted by molar-refractivity contribution is 0.100. The van der Waals surface area contributed by atoms with Gasteiger partial charge < -0.3 is 16.4 Å². The fraction of sp³-hybridized carbons (Fsp3) is 0.312. The fourth-order valence-corrected chi connectivity index (χ4v) is 2.67. The maximum atomic E-state index is 11.0. The minimum Gasteiger partial charge on any atom is -0.366 e. The minimum absolute atomic E-state index is 0. The van der Waals surface area contributed by atoms with Gasteiger partial charge in [0.25, 0.3) is 0 Å². The Bertz CT molecular complexity index is 684. The number of guanidine groups is 1. The number of nitrogens with zero attached hydrogens (tertiary/aromatic N) is 2. The van der Waals surface area contributed by atoms with E-state index >= 15 is 0 Å². The first-order chi connectivity index (χ1) is 11.1. The van der Waals surface area contributed by atoms with Crippen LogP contribution in [0.3, 0.4) is 0 Å². The summed E-state index contributed by atoms with van der Waals surface area (Å²) in [6, 6.07) is 7.19. The van der Waals surface area contributed by atoms with Gasteiger partial charge in [-0.3, -0.25) is 9.79 Å². The van der Waals surface area contributed by atoms with Crippen LogP contribution in [0.2, 0.25) is 0 Å². The number of rotatable bonds is 6. The van der Waals surface area contributed by atoms with Gasteiger partial charge in [0.05, 0.1) is 10.7 Å². The van der Waals surface area contributed by atoms with Crippen molar-refractivity contribution in [3.05, 3.63) is 51.5 Å². The van der Waals surface area contributed by atoms with E-state index in [4.69, 9.17) is 5.73 Å². The number of halogens is 1. The zero-order valence-electron chi connectivity index (χ0n) is 13.7. The van der Waals surface area contributed by atoms with Crippen molar-refractivity contribution in [2.45, 2.75) is 19.9 Å². The van der Waals surface area contributed by atoms with Gasteiger partial charge in [0.1, 0.15) is 0 Å². The summed E-state index contributed by atoms with van der Waals surface area (Å²) in [5, 5.41) is 9.65. The topological polar surface area (TPSA) is 92.4 Å². The molecule has 0 aliphatic carbocycles. The highest BCUT2D eigenvalue weighted by Crippen LogP contribution is 2.07. The Hall–Kier alpha value is -1.68. The second-order valence-electron chi connectivity index (χ2n) is 5.02. The van der Waals surface area contributed by atoms with Crippen molar-refractivity contribution >= 4 is 47.2 Å². The molecule has 0 aliphatic heterocycles. The van der Waals surface area contributed by atoms with Crippen molar-refractivity contribution < 1.29 is 4.79 Å². The maximum absolute atomic E-state index is 11.0. The van der Waals surface area contributed by atoms with Gasteiger partial charge in [-0.05, 0) is 24.6 Å². The number of amides is 1. The molecule has 2 rings (SSSR count). The molecule has 0 saturated carbocycles. The average molecular weight is 459 g/mol. The molecule has 0 atom stereocenters. The molecular formula is C16H22IN5OS. The molecule has 1 aromatic heterocycles. The van der Waals surface area contributed by atoms with Gasteiger partial charge in [0.15, 0.2) is 5.96 Å². The third-order valence-electron chi connectivity index (χ3n) is 3.26. The van der Waals surface area contributed by atoms with Crippen LogP contribution in [0.5, 0.6) is 0 Å². The van der Waals surface area contributed by atoms with Crippen LogP contribution in [0.4, 0.5) is 0 Å². The van der Waals surface area contributed by atoms with E-state index in [0.29, 0.717) is 12.1 Å². The number of carbonyl (C=O) groups excluding carboxylic acids is 1. The van der Waals surface area contributed by atoms with E-state index in [1.54, 1.807) is 30.5 Å². The Morgan fingerprint density at radius 2 is 2.00 bits per heavy atom. The summed E-state index contributed by atoms with van der Waals surface area (Å²) in [6.07, 6.45) is 0.859. The molecule has 1 aromatic carbocycles. The molecule has 0 bridgehead atoms. The molecule has 24 heavy (non-hydrogen) atoms. The number of hydrogen-bond acceptors (Lipinski definition) is 4. The zero-order valence-corrected chi connectivity index (χ0v) is 16.9. The van der Waals surface area contributed by atoms with Crippen molar-refractivity contribution in [1.29, 1.82) is 0 Å². The zero-order chi connectivity index (χ0) is 16.7. The average Bonchev–Trinajstić information content (AvgIpc) is 2.96. The van der Waals surface area contributed by atoms with Gasteiger partial charge in [-0.25, -0.2) is 4.98 Å². The van der Waals surface area contributed by atoms with Crippen molar-refractivity contribution in [2.24, 2.45) is 10.7 Å². The van der Waals surface area contributed by atoms with Gasteiger partial charge in [-0.2, -0.15) is 0 Å². The summed E-state index contributed by atoms with van der Waals surface area (Å²) in [5.41, 5.74) is 7.88. The summed E-state index contributed by atoms with van der Waals surface area (Å²) in [5.74, 6) is 0.315. The fourth-order valence-electron chi connectivity index (χ4n) is 2.03. The van der Waals surface area contributed by atoms with Gasteiger partial charge in [0.2, 0.25) is 5.91 Å². The quantitative estimate of drug-likeness (QED) is 0.351. The lowest BCUT2D eigenvalue weighted by Gasteiger charge is -2.11. The molecule has 0 spiro atoms. The number of nitrogens with two attached hydrogens (primary N) is 1. The Kier molecular flexibility index (Phi) is 8.69. The lowest BCUT2D eigenvalue weighted by Crippen LogP contribution is -2.37. The highest BCUT2D eigenvalue weighted by atomic mass is 127. The van der Waals surface area contributed by atoms with E-state index in [-0.39, 0.29) is 24.0 Å². The van der Waals surface area contributed by atoms with E-state index in [2.05, 4.69) is 26.0 Å². The second-order valence-corrected chi connectivity index (χ2v) is 6.08. The van der Waals surface area contributed by atoms with Gasteiger partial charge in [-0.1, -0.05) is 12.1 Å². The molecule has 0 aliphatic rings. The van der Waals surface area contributed by atoms with Crippen LogP contribution in [0.1, 0.15) is 26.6 Å². The molecule has 2 aromatic rings. The van der Waals surface area contributed by atoms with E-state index < -0.39 is 5.91 Å². The molecule has 8 heteroatoms. The SMILES string of the molecule is CN=C(NCCc1csc(C)n1)NCc1ccc(C(N)=O)cc1.I. The molecule has 1 heterocycles. The van der Waals surface area contributed by atoms with Crippen LogP contribution in [0, 0.1) is 6.92 Å². The summed E-state index contributed by atoms with van der Waals surface area (Å²) in [6.45, 7) is 3.39. The molecule has 4 N–H and O–H groups in total. The number of hydrogen-bond donors (Lipinski definition) is 3. The summed E-state index contributed by atoms with van der Waals surface area (Å²) in [7, 11) is 1.73. The predicted molar refractivity (Wildman–Crippen MR) is 109 cm³/mol. The number of primary amides is 1. The molecule has 0 fully saturated rings. The van der Waals surface area contributed by atoms with E-state index in [0.717, 1.165) is 35.2 Å². The largest absolute Gasteiger partial charge is 0.366 e. The number of aryl methyl sites for hydroxylation is 1. The summed E-state index contributed by atoms with van der Waals surface area (Å²) in [4.78, 5) is 19.7. The maximum Gasteiger partial charge on any atom is 0.248 e. The van der Waals surface area contributed by atoms with Crippen LogP contribution in [-0.2, 0) is 13.0 Å². The van der Waals surface area contributed by atoms with Crippen LogP contribution in [0.15, 0.2) is 34.6 Å². The first kappa shape index (κ1) is 20.4.